The van der Waals surface area contributed by atoms with Crippen molar-refractivity contribution in [3.05, 3.63) is 64.1 Å². The molecular formula is C14H12ClN3S. The van der Waals surface area contributed by atoms with Crippen molar-refractivity contribution in [3.8, 4) is 5.69 Å². The van der Waals surface area contributed by atoms with Crippen molar-refractivity contribution in [1.29, 1.82) is 0 Å². The van der Waals surface area contributed by atoms with Gasteiger partial charge in [-0.3, -0.25) is 0 Å². The Kier molecular flexibility index (Phi) is 3.53. The largest absolute Gasteiger partial charge is 0.378 e. The van der Waals surface area contributed by atoms with Crippen molar-refractivity contribution in [3.63, 3.8) is 0 Å². The van der Waals surface area contributed by atoms with Gasteiger partial charge in [-0.25, -0.2) is 4.68 Å². The fourth-order valence-corrected chi connectivity index (χ4v) is 2.89. The van der Waals surface area contributed by atoms with Gasteiger partial charge in [-0.05, 0) is 30.3 Å². The Hall–Kier alpha value is -1.78. The Labute approximate surface area is 120 Å². The summed E-state index contributed by atoms with van der Waals surface area (Å²) >= 11 is 7.52. The lowest BCUT2D eigenvalue weighted by Gasteiger charge is -2.11. The molecule has 0 unspecified atom stereocenters. The molecule has 19 heavy (non-hydrogen) atoms. The second-order valence-corrected chi connectivity index (χ2v) is 5.83. The maximum atomic E-state index is 5.93. The van der Waals surface area contributed by atoms with Crippen LogP contribution in [0.25, 0.3) is 5.69 Å². The molecule has 0 saturated heterocycles. The molecule has 0 bridgehead atoms. The molecule has 96 valence electrons. The number of thiophene rings is 1. The summed E-state index contributed by atoms with van der Waals surface area (Å²) in [4.78, 5) is 1.21. The van der Waals surface area contributed by atoms with Gasteiger partial charge in [0.05, 0.1) is 15.7 Å². The Morgan fingerprint density at radius 2 is 2.05 bits per heavy atom. The molecule has 0 aliphatic heterocycles. The van der Waals surface area contributed by atoms with Crippen LogP contribution in [0.15, 0.2) is 54.9 Å². The van der Waals surface area contributed by atoms with Crippen LogP contribution in [0.3, 0.4) is 0 Å². The predicted molar refractivity (Wildman–Crippen MR) is 80.2 cm³/mol. The molecule has 2 aromatic heterocycles. The Morgan fingerprint density at radius 3 is 2.79 bits per heavy atom. The molecule has 0 radical (unpaired) electrons. The van der Waals surface area contributed by atoms with E-state index in [0.717, 1.165) is 22.3 Å². The number of aromatic nitrogens is 2. The number of nitrogens with one attached hydrogen (secondary N) is 1. The standard InChI is InChI=1S/C14H12ClN3S/c15-14-7-6-11(19-14)10-16-12-4-1-2-5-13(12)18-9-3-8-17-18/h1-9,16H,10H2. The van der Waals surface area contributed by atoms with Crippen LogP contribution in [0.4, 0.5) is 5.69 Å². The maximum absolute atomic E-state index is 5.93. The summed E-state index contributed by atoms with van der Waals surface area (Å²) < 4.78 is 2.67. The molecule has 1 N–H and O–H groups in total. The number of hydrogen-bond donors (Lipinski definition) is 1. The van der Waals surface area contributed by atoms with Crippen molar-refractivity contribution in [1.82, 2.24) is 9.78 Å². The zero-order chi connectivity index (χ0) is 13.1. The van der Waals surface area contributed by atoms with Gasteiger partial charge in [-0.2, -0.15) is 5.10 Å². The normalized spacial score (nSPS) is 10.6. The monoisotopic (exact) mass is 289 g/mol. The lowest BCUT2D eigenvalue weighted by molar-refractivity contribution is 0.879. The summed E-state index contributed by atoms with van der Waals surface area (Å²) in [6, 6.07) is 14.0. The second-order valence-electron chi connectivity index (χ2n) is 4.03. The summed E-state index contributed by atoms with van der Waals surface area (Å²) in [6.07, 6.45) is 3.71. The number of hydrogen-bond acceptors (Lipinski definition) is 3. The number of para-hydroxylation sites is 2. The van der Waals surface area contributed by atoms with Gasteiger partial charge < -0.3 is 5.32 Å². The van der Waals surface area contributed by atoms with Crippen LogP contribution in [0, 0.1) is 0 Å². The van der Waals surface area contributed by atoms with Crippen molar-refractivity contribution >= 4 is 28.6 Å². The summed E-state index contributed by atoms with van der Waals surface area (Å²) in [5.41, 5.74) is 2.09. The molecular weight excluding hydrogens is 278 g/mol. The van der Waals surface area contributed by atoms with Gasteiger partial charge in [0.1, 0.15) is 0 Å². The molecule has 0 saturated carbocycles. The van der Waals surface area contributed by atoms with Crippen LogP contribution in [0.1, 0.15) is 4.88 Å². The van der Waals surface area contributed by atoms with Crippen molar-refractivity contribution in [2.45, 2.75) is 6.54 Å². The minimum Gasteiger partial charge on any atom is -0.378 e. The quantitative estimate of drug-likeness (QED) is 0.780. The Balaban J connectivity index is 1.81. The van der Waals surface area contributed by atoms with Gasteiger partial charge in [-0.15, -0.1) is 11.3 Å². The second kappa shape index (κ2) is 5.47. The first-order chi connectivity index (χ1) is 9.33. The third kappa shape index (κ3) is 2.80. The van der Waals surface area contributed by atoms with E-state index in [0.29, 0.717) is 0 Å². The van der Waals surface area contributed by atoms with E-state index in [9.17, 15) is 0 Å². The highest BCUT2D eigenvalue weighted by Gasteiger charge is 2.04. The lowest BCUT2D eigenvalue weighted by atomic mass is 10.2. The molecule has 3 rings (SSSR count). The molecule has 2 heterocycles. The van der Waals surface area contributed by atoms with E-state index in [4.69, 9.17) is 11.6 Å². The lowest BCUT2D eigenvalue weighted by Crippen LogP contribution is -2.03. The highest BCUT2D eigenvalue weighted by molar-refractivity contribution is 7.16. The van der Waals surface area contributed by atoms with Gasteiger partial charge in [0.2, 0.25) is 0 Å². The van der Waals surface area contributed by atoms with Gasteiger partial charge >= 0.3 is 0 Å². The van der Waals surface area contributed by atoms with Gasteiger partial charge in [0.25, 0.3) is 0 Å². The average molecular weight is 290 g/mol. The summed E-state index contributed by atoms with van der Waals surface area (Å²) in [7, 11) is 0. The van der Waals surface area contributed by atoms with E-state index in [-0.39, 0.29) is 0 Å². The third-order valence-electron chi connectivity index (χ3n) is 2.74. The topological polar surface area (TPSA) is 29.9 Å². The van der Waals surface area contributed by atoms with E-state index in [1.165, 1.54) is 4.88 Å². The summed E-state index contributed by atoms with van der Waals surface area (Å²) in [5, 5.41) is 7.69. The smallest absolute Gasteiger partial charge is 0.0931 e. The fourth-order valence-electron chi connectivity index (χ4n) is 1.86. The number of halogens is 1. The molecule has 1 aromatic carbocycles. The molecule has 3 aromatic rings. The van der Waals surface area contributed by atoms with Crippen LogP contribution in [0.2, 0.25) is 4.34 Å². The first kappa shape index (κ1) is 12.3. The molecule has 0 aliphatic rings. The predicted octanol–water partition coefficient (Wildman–Crippen LogP) is 4.20. The summed E-state index contributed by atoms with van der Waals surface area (Å²) in [5.74, 6) is 0. The van der Waals surface area contributed by atoms with Gasteiger partial charge in [0.15, 0.2) is 0 Å². The molecule has 0 atom stereocenters. The summed E-state index contributed by atoms with van der Waals surface area (Å²) in [6.45, 7) is 0.760. The van der Waals surface area contributed by atoms with Crippen LogP contribution >= 0.6 is 22.9 Å². The molecule has 0 fully saturated rings. The number of anilines is 1. The van der Waals surface area contributed by atoms with E-state index in [2.05, 4.69) is 10.4 Å². The first-order valence-corrected chi connectivity index (χ1v) is 7.09. The fraction of sp³-hybridized carbons (Fsp3) is 0.0714. The maximum Gasteiger partial charge on any atom is 0.0931 e. The third-order valence-corrected chi connectivity index (χ3v) is 3.97. The zero-order valence-corrected chi connectivity index (χ0v) is 11.7. The van der Waals surface area contributed by atoms with E-state index in [1.807, 2.05) is 53.3 Å². The van der Waals surface area contributed by atoms with E-state index >= 15 is 0 Å². The van der Waals surface area contributed by atoms with E-state index < -0.39 is 0 Å². The number of nitrogens with zero attached hydrogens (tertiary/aromatic N) is 2. The van der Waals surface area contributed by atoms with Crippen LogP contribution < -0.4 is 5.32 Å². The van der Waals surface area contributed by atoms with Crippen LogP contribution in [-0.2, 0) is 6.54 Å². The van der Waals surface area contributed by atoms with Crippen molar-refractivity contribution < 1.29 is 0 Å². The number of benzene rings is 1. The SMILES string of the molecule is Clc1ccc(CNc2ccccc2-n2cccn2)s1. The molecule has 0 spiro atoms. The average Bonchev–Trinajstić information content (AvgIpc) is 3.08. The highest BCUT2D eigenvalue weighted by atomic mass is 35.5. The van der Waals surface area contributed by atoms with Crippen molar-refractivity contribution in [2.75, 3.05) is 5.32 Å². The minimum absolute atomic E-state index is 0.760. The van der Waals surface area contributed by atoms with E-state index in [1.54, 1.807) is 17.5 Å². The first-order valence-electron chi connectivity index (χ1n) is 5.90. The molecule has 5 heteroatoms. The molecule has 0 amide bonds. The Morgan fingerprint density at radius 1 is 1.16 bits per heavy atom. The minimum atomic E-state index is 0.760. The van der Waals surface area contributed by atoms with Gasteiger partial charge in [-0.1, -0.05) is 23.7 Å². The zero-order valence-electron chi connectivity index (χ0n) is 10.1. The van der Waals surface area contributed by atoms with Gasteiger partial charge in [0, 0.05) is 23.8 Å². The van der Waals surface area contributed by atoms with Crippen molar-refractivity contribution in [2.24, 2.45) is 0 Å². The molecule has 3 nitrogen and oxygen atoms in total. The van der Waals surface area contributed by atoms with Crippen LogP contribution in [-0.4, -0.2) is 9.78 Å². The Bertz CT molecular complexity index is 661. The highest BCUT2D eigenvalue weighted by Crippen LogP contribution is 2.24. The van der Waals surface area contributed by atoms with Crippen LogP contribution in [0.5, 0.6) is 0 Å². The number of rotatable bonds is 4. The molecule has 0 aliphatic carbocycles.